The van der Waals surface area contributed by atoms with Crippen molar-refractivity contribution in [1.29, 1.82) is 0 Å². The average Bonchev–Trinajstić information content (AvgIpc) is 2.83. The van der Waals surface area contributed by atoms with E-state index in [0.29, 0.717) is 26.3 Å². The molecule has 132 valence electrons. The van der Waals surface area contributed by atoms with E-state index in [1.807, 2.05) is 17.9 Å². The molecule has 5 nitrogen and oxygen atoms in total. The van der Waals surface area contributed by atoms with Gasteiger partial charge in [0, 0.05) is 30.4 Å². The van der Waals surface area contributed by atoms with E-state index in [1.54, 1.807) is 18.5 Å². The van der Waals surface area contributed by atoms with Crippen LogP contribution in [0.2, 0.25) is 0 Å². The van der Waals surface area contributed by atoms with Gasteiger partial charge in [0.05, 0.1) is 19.6 Å². The van der Waals surface area contributed by atoms with E-state index < -0.39 is 0 Å². The fraction of sp³-hybridized carbons (Fsp3) is 0.421. The van der Waals surface area contributed by atoms with Crippen LogP contribution in [0.1, 0.15) is 17.0 Å². The number of halogens is 1. The number of nitrogens with zero attached hydrogens (tertiary/aromatic N) is 3. The molecule has 1 aliphatic heterocycles. The summed E-state index contributed by atoms with van der Waals surface area (Å²) in [6.45, 7) is 4.31. The van der Waals surface area contributed by atoms with Crippen molar-refractivity contribution in [1.82, 2.24) is 14.9 Å². The smallest absolute Gasteiger partial charge is 0.227 e. The van der Waals surface area contributed by atoms with Gasteiger partial charge in [-0.25, -0.2) is 14.4 Å². The molecular weight excluding hydrogens is 321 g/mol. The first-order valence-electron chi connectivity index (χ1n) is 8.47. The molecule has 1 saturated heterocycles. The van der Waals surface area contributed by atoms with Crippen LogP contribution in [0.4, 0.5) is 4.39 Å². The molecule has 3 rings (SSSR count). The van der Waals surface area contributed by atoms with Crippen LogP contribution in [-0.2, 0) is 22.4 Å². The maximum Gasteiger partial charge on any atom is 0.227 e. The molecule has 0 bridgehead atoms. The summed E-state index contributed by atoms with van der Waals surface area (Å²) in [6.07, 6.45) is 2.60. The Labute approximate surface area is 146 Å². The molecule has 2 heterocycles. The molecule has 25 heavy (non-hydrogen) atoms. The van der Waals surface area contributed by atoms with Crippen molar-refractivity contribution < 1.29 is 13.9 Å². The van der Waals surface area contributed by atoms with Crippen LogP contribution in [0, 0.1) is 18.7 Å². The lowest BCUT2D eigenvalue weighted by molar-refractivity contribution is -0.130. The molecule has 0 radical (unpaired) electrons. The van der Waals surface area contributed by atoms with E-state index in [-0.39, 0.29) is 24.1 Å². The Kier molecular flexibility index (Phi) is 5.71. The zero-order valence-corrected chi connectivity index (χ0v) is 14.3. The van der Waals surface area contributed by atoms with Crippen molar-refractivity contribution in [2.24, 2.45) is 5.92 Å². The lowest BCUT2D eigenvalue weighted by Gasteiger charge is -2.23. The summed E-state index contributed by atoms with van der Waals surface area (Å²) in [4.78, 5) is 22.9. The minimum absolute atomic E-state index is 0.0426. The zero-order chi connectivity index (χ0) is 17.6. The third-order valence-electron chi connectivity index (χ3n) is 4.32. The van der Waals surface area contributed by atoms with Crippen LogP contribution < -0.4 is 0 Å². The second kappa shape index (κ2) is 8.16. The van der Waals surface area contributed by atoms with E-state index in [2.05, 4.69) is 9.97 Å². The predicted molar refractivity (Wildman–Crippen MR) is 91.5 cm³/mol. The van der Waals surface area contributed by atoms with Crippen molar-refractivity contribution in [3.05, 3.63) is 59.4 Å². The lowest BCUT2D eigenvalue weighted by Crippen LogP contribution is -2.37. The van der Waals surface area contributed by atoms with Gasteiger partial charge in [0.25, 0.3) is 0 Å². The van der Waals surface area contributed by atoms with Crippen molar-refractivity contribution in [3.63, 3.8) is 0 Å². The van der Waals surface area contributed by atoms with E-state index in [1.165, 1.54) is 12.1 Å². The van der Waals surface area contributed by atoms with Crippen LogP contribution >= 0.6 is 0 Å². The van der Waals surface area contributed by atoms with Gasteiger partial charge in [-0.2, -0.15) is 0 Å². The number of carbonyl (C=O) groups is 1. The van der Waals surface area contributed by atoms with Crippen molar-refractivity contribution in [3.8, 4) is 0 Å². The number of rotatable bonds is 4. The maximum atomic E-state index is 13.0. The molecule has 0 N–H and O–H groups in total. The molecule has 1 aliphatic rings. The van der Waals surface area contributed by atoms with E-state index in [0.717, 1.165) is 23.4 Å². The second-order valence-electron chi connectivity index (χ2n) is 6.44. The first-order chi connectivity index (χ1) is 12.1. The Morgan fingerprint density at radius 3 is 2.88 bits per heavy atom. The summed E-state index contributed by atoms with van der Waals surface area (Å²) in [5.41, 5.74) is 2.72. The van der Waals surface area contributed by atoms with Gasteiger partial charge in [0.15, 0.2) is 0 Å². The average molecular weight is 343 g/mol. The Balaban J connectivity index is 1.62. The summed E-state index contributed by atoms with van der Waals surface area (Å²) in [6, 6.07) is 8.05. The quantitative estimate of drug-likeness (QED) is 0.854. The topological polar surface area (TPSA) is 55.3 Å². The van der Waals surface area contributed by atoms with Crippen molar-refractivity contribution >= 4 is 5.91 Å². The minimum Gasteiger partial charge on any atom is -0.379 e. The van der Waals surface area contributed by atoms with E-state index in [9.17, 15) is 9.18 Å². The van der Waals surface area contributed by atoms with E-state index in [4.69, 9.17) is 4.74 Å². The summed E-state index contributed by atoms with van der Waals surface area (Å²) < 4.78 is 18.7. The van der Waals surface area contributed by atoms with E-state index >= 15 is 0 Å². The molecule has 1 aromatic heterocycles. The Morgan fingerprint density at radius 2 is 2.12 bits per heavy atom. The largest absolute Gasteiger partial charge is 0.379 e. The van der Waals surface area contributed by atoms with Gasteiger partial charge >= 0.3 is 0 Å². The molecule has 0 aliphatic carbocycles. The molecule has 0 spiro atoms. The zero-order valence-electron chi connectivity index (χ0n) is 14.3. The molecule has 2 aromatic rings. The van der Waals surface area contributed by atoms with Gasteiger partial charge in [0.2, 0.25) is 5.91 Å². The summed E-state index contributed by atoms with van der Waals surface area (Å²) in [7, 11) is 0. The first kappa shape index (κ1) is 17.5. The standard InChI is InChI=1S/C19H22FN3O2/c1-14-8-18(22-13-21-14)9-16-11-23(6-7-25-12-16)19(24)10-15-2-4-17(20)5-3-15/h2-5,8,13,16H,6-7,9-12H2,1H3/t16-/m1/s1. The van der Waals surface area contributed by atoms with Crippen LogP contribution in [0.25, 0.3) is 0 Å². The predicted octanol–water partition coefficient (Wildman–Crippen LogP) is 2.18. The second-order valence-corrected chi connectivity index (χ2v) is 6.44. The van der Waals surface area contributed by atoms with Crippen LogP contribution in [0.5, 0.6) is 0 Å². The van der Waals surface area contributed by atoms with Gasteiger partial charge in [-0.15, -0.1) is 0 Å². The number of hydrogen-bond donors (Lipinski definition) is 0. The maximum absolute atomic E-state index is 13.0. The van der Waals surface area contributed by atoms with Gasteiger partial charge in [-0.1, -0.05) is 12.1 Å². The van der Waals surface area contributed by atoms with Crippen molar-refractivity contribution in [2.75, 3.05) is 26.3 Å². The summed E-state index contributed by atoms with van der Waals surface area (Å²) in [5.74, 6) is -0.0467. The van der Waals surface area contributed by atoms with Crippen molar-refractivity contribution in [2.45, 2.75) is 19.8 Å². The first-order valence-corrected chi connectivity index (χ1v) is 8.47. The molecule has 1 atom stereocenters. The molecule has 1 aromatic carbocycles. The number of aromatic nitrogens is 2. The lowest BCUT2D eigenvalue weighted by atomic mass is 10.0. The number of carbonyl (C=O) groups excluding carboxylic acids is 1. The number of benzene rings is 1. The molecule has 6 heteroatoms. The van der Waals surface area contributed by atoms with Crippen LogP contribution in [-0.4, -0.2) is 47.1 Å². The van der Waals surface area contributed by atoms with Gasteiger partial charge in [0.1, 0.15) is 12.1 Å². The minimum atomic E-state index is -0.292. The number of aryl methyl sites for hydroxylation is 1. The molecule has 1 fully saturated rings. The molecule has 0 unspecified atom stereocenters. The highest BCUT2D eigenvalue weighted by Crippen LogP contribution is 2.14. The SMILES string of the molecule is Cc1cc(C[C@H]2COCCN(C(=O)Cc3ccc(F)cc3)C2)ncn1. The van der Waals surface area contributed by atoms with Crippen LogP contribution in [0.15, 0.2) is 36.7 Å². The fourth-order valence-corrected chi connectivity index (χ4v) is 3.04. The van der Waals surface area contributed by atoms with Crippen LogP contribution in [0.3, 0.4) is 0 Å². The normalized spacial score (nSPS) is 18.0. The number of ether oxygens (including phenoxy) is 1. The third-order valence-corrected chi connectivity index (χ3v) is 4.32. The Morgan fingerprint density at radius 1 is 1.32 bits per heavy atom. The fourth-order valence-electron chi connectivity index (χ4n) is 3.04. The highest BCUT2D eigenvalue weighted by atomic mass is 19.1. The summed E-state index contributed by atoms with van der Waals surface area (Å²) in [5, 5.41) is 0. The monoisotopic (exact) mass is 343 g/mol. The number of amides is 1. The van der Waals surface area contributed by atoms with Gasteiger partial charge in [-0.05, 0) is 37.1 Å². The number of hydrogen-bond acceptors (Lipinski definition) is 4. The van der Waals surface area contributed by atoms with Gasteiger partial charge in [-0.3, -0.25) is 4.79 Å². The molecule has 0 saturated carbocycles. The summed E-state index contributed by atoms with van der Waals surface area (Å²) >= 11 is 0. The Bertz CT molecular complexity index is 721. The highest BCUT2D eigenvalue weighted by Gasteiger charge is 2.23. The Hall–Kier alpha value is -2.34. The van der Waals surface area contributed by atoms with Gasteiger partial charge < -0.3 is 9.64 Å². The molecular formula is C19H22FN3O2. The third kappa shape index (κ3) is 5.06. The highest BCUT2D eigenvalue weighted by molar-refractivity contribution is 5.78. The molecule has 1 amide bonds.